The smallest absolute Gasteiger partial charge is 0.353 e. The third-order valence-electron chi connectivity index (χ3n) is 5.00. The zero-order chi connectivity index (χ0) is 21.0. The Morgan fingerprint density at radius 2 is 1.72 bits per heavy atom. The largest absolute Gasteiger partial charge is 0.419 e. The summed E-state index contributed by atoms with van der Waals surface area (Å²) in [5, 5.41) is 0. The van der Waals surface area contributed by atoms with Gasteiger partial charge in [-0.1, -0.05) is 38.1 Å². The van der Waals surface area contributed by atoms with Gasteiger partial charge in [-0.25, -0.2) is 4.98 Å². The first kappa shape index (κ1) is 20.9. The number of carbonyl (C=O) groups excluding carboxylic acids is 1. The van der Waals surface area contributed by atoms with Crippen LogP contribution in [0.3, 0.4) is 0 Å². The van der Waals surface area contributed by atoms with Crippen LogP contribution < -0.4 is 4.90 Å². The number of benzene rings is 1. The standard InChI is InChI=1S/C22H24F3N3O/c1-16(2)18-8-5-17(6-9-18)7-10-20(29)27-12-14-28(15-13-27)21-19(22(23,24)25)4-3-11-26-21/h3-11,16H,12-15H2,1-2H3/b10-7+. The molecule has 0 atom stereocenters. The number of amides is 1. The molecule has 1 saturated heterocycles. The van der Waals surface area contributed by atoms with Crippen LogP contribution in [0, 0.1) is 0 Å². The molecule has 0 saturated carbocycles. The summed E-state index contributed by atoms with van der Waals surface area (Å²) in [7, 11) is 0. The molecule has 1 fully saturated rings. The molecule has 3 rings (SSSR count). The molecule has 2 heterocycles. The van der Waals surface area contributed by atoms with Gasteiger partial charge in [-0.2, -0.15) is 13.2 Å². The molecule has 0 unspecified atom stereocenters. The van der Waals surface area contributed by atoms with Gasteiger partial charge in [-0.15, -0.1) is 0 Å². The van der Waals surface area contributed by atoms with E-state index in [1.165, 1.54) is 23.9 Å². The Labute approximate surface area is 168 Å². The number of nitrogens with zero attached hydrogens (tertiary/aromatic N) is 3. The van der Waals surface area contributed by atoms with Gasteiger partial charge < -0.3 is 9.80 Å². The van der Waals surface area contributed by atoms with Gasteiger partial charge in [0, 0.05) is 38.5 Å². The van der Waals surface area contributed by atoms with E-state index in [9.17, 15) is 18.0 Å². The molecule has 2 aromatic rings. The van der Waals surface area contributed by atoms with E-state index >= 15 is 0 Å². The van der Waals surface area contributed by atoms with Gasteiger partial charge in [0.1, 0.15) is 5.82 Å². The Morgan fingerprint density at radius 3 is 2.31 bits per heavy atom. The van der Waals surface area contributed by atoms with E-state index in [0.717, 1.165) is 11.6 Å². The number of rotatable bonds is 4. The summed E-state index contributed by atoms with van der Waals surface area (Å²) in [6.07, 6.45) is 0.182. The second kappa shape index (κ2) is 8.68. The highest BCUT2D eigenvalue weighted by molar-refractivity contribution is 5.92. The van der Waals surface area contributed by atoms with Crippen LogP contribution in [0.4, 0.5) is 19.0 Å². The summed E-state index contributed by atoms with van der Waals surface area (Å²) >= 11 is 0. The van der Waals surface area contributed by atoms with E-state index in [1.54, 1.807) is 15.9 Å². The van der Waals surface area contributed by atoms with Crippen molar-refractivity contribution in [2.45, 2.75) is 25.9 Å². The maximum absolute atomic E-state index is 13.2. The third kappa shape index (κ3) is 5.16. The maximum atomic E-state index is 13.2. The number of hydrogen-bond acceptors (Lipinski definition) is 3. The van der Waals surface area contributed by atoms with E-state index < -0.39 is 11.7 Å². The first-order valence-electron chi connectivity index (χ1n) is 9.60. The van der Waals surface area contributed by atoms with Crippen molar-refractivity contribution in [2.75, 3.05) is 31.1 Å². The number of alkyl halides is 3. The number of pyridine rings is 1. The molecular formula is C22H24F3N3O. The van der Waals surface area contributed by atoms with Crippen molar-refractivity contribution in [2.24, 2.45) is 0 Å². The molecule has 0 N–H and O–H groups in total. The molecule has 29 heavy (non-hydrogen) atoms. The summed E-state index contributed by atoms with van der Waals surface area (Å²) in [6.45, 7) is 5.56. The van der Waals surface area contributed by atoms with E-state index in [-0.39, 0.29) is 11.7 Å². The van der Waals surface area contributed by atoms with Crippen LogP contribution in [-0.2, 0) is 11.0 Å². The van der Waals surface area contributed by atoms with Crippen LogP contribution in [0.1, 0.15) is 36.5 Å². The quantitative estimate of drug-likeness (QED) is 0.701. The Hall–Kier alpha value is -2.83. The number of halogens is 3. The lowest BCUT2D eigenvalue weighted by atomic mass is 10.0. The van der Waals surface area contributed by atoms with Gasteiger partial charge in [-0.3, -0.25) is 4.79 Å². The summed E-state index contributed by atoms with van der Waals surface area (Å²) in [6, 6.07) is 10.3. The van der Waals surface area contributed by atoms with E-state index in [4.69, 9.17) is 0 Å². The highest BCUT2D eigenvalue weighted by atomic mass is 19.4. The minimum absolute atomic E-state index is 0.0760. The monoisotopic (exact) mass is 403 g/mol. The van der Waals surface area contributed by atoms with Crippen molar-refractivity contribution >= 4 is 17.8 Å². The topological polar surface area (TPSA) is 36.4 Å². The van der Waals surface area contributed by atoms with Gasteiger partial charge in [0.15, 0.2) is 0 Å². The SMILES string of the molecule is CC(C)c1ccc(/C=C/C(=O)N2CCN(c3ncccc3C(F)(F)F)CC2)cc1. The molecule has 7 heteroatoms. The molecule has 0 radical (unpaired) electrons. The van der Waals surface area contributed by atoms with Gasteiger partial charge in [0.05, 0.1) is 5.56 Å². The first-order valence-corrected chi connectivity index (χ1v) is 9.60. The average Bonchev–Trinajstić information content (AvgIpc) is 2.72. The molecule has 0 aliphatic carbocycles. The highest BCUT2D eigenvalue weighted by Crippen LogP contribution is 2.35. The molecule has 1 aromatic heterocycles. The number of anilines is 1. The van der Waals surface area contributed by atoms with Crippen LogP contribution in [0.15, 0.2) is 48.7 Å². The van der Waals surface area contributed by atoms with Crippen molar-refractivity contribution in [3.63, 3.8) is 0 Å². The lowest BCUT2D eigenvalue weighted by Crippen LogP contribution is -2.49. The number of piperazine rings is 1. The van der Waals surface area contributed by atoms with Crippen LogP contribution in [0.25, 0.3) is 6.08 Å². The van der Waals surface area contributed by atoms with Crippen molar-refractivity contribution in [3.8, 4) is 0 Å². The Morgan fingerprint density at radius 1 is 1.07 bits per heavy atom. The fourth-order valence-electron chi connectivity index (χ4n) is 3.27. The lowest BCUT2D eigenvalue weighted by molar-refractivity contribution is -0.137. The fraction of sp³-hybridized carbons (Fsp3) is 0.364. The molecule has 1 amide bonds. The highest BCUT2D eigenvalue weighted by Gasteiger charge is 2.36. The molecule has 1 aliphatic rings. The predicted octanol–water partition coefficient (Wildman–Crippen LogP) is 4.59. The molecule has 0 spiro atoms. The van der Waals surface area contributed by atoms with Crippen LogP contribution in [-0.4, -0.2) is 42.0 Å². The summed E-state index contributed by atoms with van der Waals surface area (Å²) < 4.78 is 39.6. The summed E-state index contributed by atoms with van der Waals surface area (Å²) in [4.78, 5) is 19.6. The van der Waals surface area contributed by atoms with Gasteiger partial charge in [0.2, 0.25) is 5.91 Å². The molecule has 1 aromatic carbocycles. The van der Waals surface area contributed by atoms with E-state index in [1.807, 2.05) is 24.3 Å². The molecule has 4 nitrogen and oxygen atoms in total. The van der Waals surface area contributed by atoms with Crippen LogP contribution in [0.5, 0.6) is 0 Å². The summed E-state index contributed by atoms with van der Waals surface area (Å²) in [5.74, 6) is 0.227. The molecule has 154 valence electrons. The molecule has 0 bridgehead atoms. The second-order valence-corrected chi connectivity index (χ2v) is 7.34. The van der Waals surface area contributed by atoms with Crippen molar-refractivity contribution in [1.82, 2.24) is 9.88 Å². The maximum Gasteiger partial charge on any atom is 0.419 e. The van der Waals surface area contributed by atoms with Gasteiger partial charge >= 0.3 is 6.18 Å². The second-order valence-electron chi connectivity index (χ2n) is 7.34. The van der Waals surface area contributed by atoms with Gasteiger partial charge in [0.25, 0.3) is 0 Å². The zero-order valence-electron chi connectivity index (χ0n) is 16.5. The van der Waals surface area contributed by atoms with Gasteiger partial charge in [-0.05, 0) is 35.3 Å². The Kier molecular flexibility index (Phi) is 6.25. The molecule has 1 aliphatic heterocycles. The van der Waals surface area contributed by atoms with Crippen LogP contribution in [0.2, 0.25) is 0 Å². The predicted molar refractivity (Wildman–Crippen MR) is 108 cm³/mol. The summed E-state index contributed by atoms with van der Waals surface area (Å²) in [5.41, 5.74) is 1.42. The van der Waals surface area contributed by atoms with Crippen molar-refractivity contribution in [3.05, 3.63) is 65.4 Å². The van der Waals surface area contributed by atoms with Crippen molar-refractivity contribution in [1.29, 1.82) is 0 Å². The Balaban J connectivity index is 1.60. The van der Waals surface area contributed by atoms with Crippen LogP contribution >= 0.6 is 0 Å². The minimum Gasteiger partial charge on any atom is -0.353 e. The fourth-order valence-corrected chi connectivity index (χ4v) is 3.27. The zero-order valence-corrected chi connectivity index (χ0v) is 16.5. The number of carbonyl (C=O) groups is 1. The van der Waals surface area contributed by atoms with E-state index in [2.05, 4.69) is 18.8 Å². The normalized spacial score (nSPS) is 15.4. The molecular weight excluding hydrogens is 379 g/mol. The van der Waals surface area contributed by atoms with E-state index in [0.29, 0.717) is 32.1 Å². The third-order valence-corrected chi connectivity index (χ3v) is 5.00. The lowest BCUT2D eigenvalue weighted by Gasteiger charge is -2.35. The first-order chi connectivity index (χ1) is 13.8. The average molecular weight is 403 g/mol. The minimum atomic E-state index is -4.45. The Bertz CT molecular complexity index is 868. The van der Waals surface area contributed by atoms with Crippen molar-refractivity contribution < 1.29 is 18.0 Å². The number of hydrogen-bond donors (Lipinski definition) is 0. The number of aromatic nitrogens is 1.